The van der Waals surface area contributed by atoms with Gasteiger partial charge in [0, 0.05) is 19.0 Å². The number of rotatable bonds is 4. The Kier molecular flexibility index (Phi) is 3.79. The third kappa shape index (κ3) is 3.31. The van der Waals surface area contributed by atoms with Crippen LogP contribution in [0, 0.1) is 6.92 Å². The molecule has 0 radical (unpaired) electrons. The molecule has 1 heterocycles. The van der Waals surface area contributed by atoms with E-state index in [-0.39, 0.29) is 18.3 Å². The SMILES string of the molecule is CC(=O)NCCn1nc(-c2cccc(C)c2)oc1=O. The third-order valence-corrected chi connectivity index (χ3v) is 2.57. The fourth-order valence-corrected chi connectivity index (χ4v) is 1.68. The summed E-state index contributed by atoms with van der Waals surface area (Å²) in [7, 11) is 0. The maximum Gasteiger partial charge on any atom is 0.437 e. The lowest BCUT2D eigenvalue weighted by Crippen LogP contribution is -2.28. The van der Waals surface area contributed by atoms with Gasteiger partial charge >= 0.3 is 5.76 Å². The predicted molar refractivity (Wildman–Crippen MR) is 69.6 cm³/mol. The number of amides is 1. The van der Waals surface area contributed by atoms with Crippen LogP contribution in [-0.2, 0) is 11.3 Å². The molecule has 100 valence electrons. The molecule has 0 aliphatic heterocycles. The van der Waals surface area contributed by atoms with Crippen molar-refractivity contribution in [2.45, 2.75) is 20.4 Å². The fourth-order valence-electron chi connectivity index (χ4n) is 1.68. The molecule has 2 rings (SSSR count). The molecule has 0 atom stereocenters. The topological polar surface area (TPSA) is 77.1 Å². The average Bonchev–Trinajstić information content (AvgIpc) is 2.71. The van der Waals surface area contributed by atoms with Crippen molar-refractivity contribution in [3.8, 4) is 11.5 Å². The van der Waals surface area contributed by atoms with E-state index in [9.17, 15) is 9.59 Å². The minimum atomic E-state index is -0.526. The van der Waals surface area contributed by atoms with Gasteiger partial charge < -0.3 is 9.73 Å². The third-order valence-electron chi connectivity index (χ3n) is 2.57. The molecule has 1 amide bonds. The summed E-state index contributed by atoms with van der Waals surface area (Å²) in [5.74, 6) is -0.381. The van der Waals surface area contributed by atoms with Crippen LogP contribution in [0.5, 0.6) is 0 Å². The van der Waals surface area contributed by atoms with E-state index in [4.69, 9.17) is 4.42 Å². The first-order chi connectivity index (χ1) is 9.06. The molecule has 6 heteroatoms. The average molecular weight is 261 g/mol. The molecular formula is C13H15N3O3. The van der Waals surface area contributed by atoms with Gasteiger partial charge in [-0.2, -0.15) is 4.68 Å². The first kappa shape index (κ1) is 13.1. The van der Waals surface area contributed by atoms with E-state index in [1.54, 1.807) is 0 Å². The summed E-state index contributed by atoms with van der Waals surface area (Å²) in [6, 6.07) is 7.55. The zero-order valence-corrected chi connectivity index (χ0v) is 10.8. The second kappa shape index (κ2) is 5.51. The number of hydrogen-bond acceptors (Lipinski definition) is 4. The Morgan fingerprint density at radius 2 is 2.26 bits per heavy atom. The summed E-state index contributed by atoms with van der Waals surface area (Å²) in [4.78, 5) is 22.3. The minimum Gasteiger partial charge on any atom is -0.388 e. The maximum absolute atomic E-state index is 11.6. The normalized spacial score (nSPS) is 10.4. The van der Waals surface area contributed by atoms with Gasteiger partial charge in [-0.15, -0.1) is 5.10 Å². The van der Waals surface area contributed by atoms with Crippen LogP contribution < -0.4 is 11.1 Å². The Hall–Kier alpha value is -2.37. The summed E-state index contributed by atoms with van der Waals surface area (Å²) in [5, 5.41) is 6.70. The molecule has 19 heavy (non-hydrogen) atoms. The van der Waals surface area contributed by atoms with Gasteiger partial charge in [-0.05, 0) is 19.1 Å². The van der Waals surface area contributed by atoms with Crippen LogP contribution in [0.15, 0.2) is 33.5 Å². The van der Waals surface area contributed by atoms with Crippen molar-refractivity contribution >= 4 is 5.91 Å². The van der Waals surface area contributed by atoms with Crippen molar-refractivity contribution < 1.29 is 9.21 Å². The summed E-state index contributed by atoms with van der Waals surface area (Å²) < 4.78 is 6.30. The molecule has 1 N–H and O–H groups in total. The summed E-state index contributed by atoms with van der Waals surface area (Å²) >= 11 is 0. The van der Waals surface area contributed by atoms with E-state index in [1.165, 1.54) is 11.6 Å². The van der Waals surface area contributed by atoms with Gasteiger partial charge in [0.25, 0.3) is 0 Å². The highest BCUT2D eigenvalue weighted by atomic mass is 16.4. The number of benzene rings is 1. The van der Waals surface area contributed by atoms with E-state index in [2.05, 4.69) is 10.4 Å². The first-order valence-electron chi connectivity index (χ1n) is 5.95. The highest BCUT2D eigenvalue weighted by molar-refractivity contribution is 5.72. The van der Waals surface area contributed by atoms with Gasteiger partial charge in [-0.25, -0.2) is 4.79 Å². The minimum absolute atomic E-state index is 0.143. The largest absolute Gasteiger partial charge is 0.437 e. The molecule has 0 unspecified atom stereocenters. The van der Waals surface area contributed by atoms with Gasteiger partial charge in [0.05, 0.1) is 6.54 Å². The highest BCUT2D eigenvalue weighted by Crippen LogP contribution is 2.16. The van der Waals surface area contributed by atoms with Crippen LogP contribution in [0.2, 0.25) is 0 Å². The molecule has 1 aromatic carbocycles. The molecule has 0 aliphatic carbocycles. The standard InChI is InChI=1S/C13H15N3O3/c1-9-4-3-5-11(8-9)12-15-16(13(18)19-12)7-6-14-10(2)17/h3-5,8H,6-7H2,1-2H3,(H,14,17). The van der Waals surface area contributed by atoms with Crippen LogP contribution in [0.25, 0.3) is 11.5 Å². The number of aromatic nitrogens is 2. The van der Waals surface area contributed by atoms with Gasteiger partial charge in [-0.1, -0.05) is 17.7 Å². The summed E-state index contributed by atoms with van der Waals surface area (Å²) in [6.45, 7) is 4.00. The molecule has 6 nitrogen and oxygen atoms in total. The number of nitrogens with zero attached hydrogens (tertiary/aromatic N) is 2. The summed E-state index contributed by atoms with van der Waals surface area (Å²) in [5.41, 5.74) is 1.82. The van der Waals surface area contributed by atoms with Gasteiger partial charge in [-0.3, -0.25) is 4.79 Å². The lowest BCUT2D eigenvalue weighted by molar-refractivity contribution is -0.119. The van der Waals surface area contributed by atoms with Crippen LogP contribution >= 0.6 is 0 Å². The number of nitrogens with one attached hydrogen (secondary N) is 1. The van der Waals surface area contributed by atoms with Crippen molar-refractivity contribution in [2.24, 2.45) is 0 Å². The van der Waals surface area contributed by atoms with Crippen LogP contribution in [0.1, 0.15) is 12.5 Å². The van der Waals surface area contributed by atoms with Gasteiger partial charge in [0.15, 0.2) is 0 Å². The Labute approximate surface area is 110 Å². The van der Waals surface area contributed by atoms with Crippen molar-refractivity contribution in [2.75, 3.05) is 6.54 Å². The molecule has 1 aromatic heterocycles. The predicted octanol–water partition coefficient (Wildman–Crippen LogP) is 0.948. The monoisotopic (exact) mass is 261 g/mol. The van der Waals surface area contributed by atoms with Crippen molar-refractivity contribution in [1.82, 2.24) is 15.1 Å². The quantitative estimate of drug-likeness (QED) is 0.888. The molecule has 0 saturated carbocycles. The van der Waals surface area contributed by atoms with E-state index in [0.29, 0.717) is 6.54 Å². The number of aryl methyl sites for hydroxylation is 1. The first-order valence-corrected chi connectivity index (χ1v) is 5.95. The number of hydrogen-bond donors (Lipinski definition) is 1. The highest BCUT2D eigenvalue weighted by Gasteiger charge is 2.10. The molecule has 2 aromatic rings. The van der Waals surface area contributed by atoms with E-state index >= 15 is 0 Å². The van der Waals surface area contributed by atoms with Gasteiger partial charge in [0.1, 0.15) is 0 Å². The Morgan fingerprint density at radius 1 is 1.47 bits per heavy atom. The molecule has 0 saturated heterocycles. The molecule has 0 spiro atoms. The second-order valence-corrected chi connectivity index (χ2v) is 4.25. The lowest BCUT2D eigenvalue weighted by Gasteiger charge is -1.99. The molecular weight excluding hydrogens is 246 g/mol. The van der Waals surface area contributed by atoms with E-state index in [0.717, 1.165) is 11.1 Å². The number of carbonyl (C=O) groups excluding carboxylic acids is 1. The van der Waals surface area contributed by atoms with Crippen molar-refractivity contribution in [3.63, 3.8) is 0 Å². The smallest absolute Gasteiger partial charge is 0.388 e. The Morgan fingerprint density at radius 3 is 2.95 bits per heavy atom. The number of carbonyl (C=O) groups is 1. The van der Waals surface area contributed by atoms with E-state index < -0.39 is 5.76 Å². The molecule has 0 fully saturated rings. The summed E-state index contributed by atoms with van der Waals surface area (Å²) in [6.07, 6.45) is 0. The van der Waals surface area contributed by atoms with E-state index in [1.807, 2.05) is 31.2 Å². The van der Waals surface area contributed by atoms with Crippen molar-refractivity contribution in [3.05, 3.63) is 40.4 Å². The Bertz CT molecular complexity index is 643. The second-order valence-electron chi connectivity index (χ2n) is 4.25. The van der Waals surface area contributed by atoms with Crippen LogP contribution in [0.3, 0.4) is 0 Å². The molecule has 0 bridgehead atoms. The van der Waals surface area contributed by atoms with Gasteiger partial charge in [0.2, 0.25) is 11.8 Å². The Balaban J connectivity index is 2.17. The fraction of sp³-hybridized carbons (Fsp3) is 0.308. The molecule has 0 aliphatic rings. The zero-order valence-electron chi connectivity index (χ0n) is 10.8. The zero-order chi connectivity index (χ0) is 13.8. The van der Waals surface area contributed by atoms with Crippen LogP contribution in [0.4, 0.5) is 0 Å². The van der Waals surface area contributed by atoms with Crippen LogP contribution in [-0.4, -0.2) is 22.2 Å². The van der Waals surface area contributed by atoms with Crippen molar-refractivity contribution in [1.29, 1.82) is 0 Å². The maximum atomic E-state index is 11.6. The lowest BCUT2D eigenvalue weighted by atomic mass is 10.1.